The standard InChI is InChI=1S/C10H8F3NO4/c1-18-9(15)4-6-2-3-7(14(16)17)5-8(6)10(11,12)13/h2-3,5H,4H2,1H3. The fourth-order valence-corrected chi connectivity index (χ4v) is 1.32. The molecule has 0 aliphatic rings. The van der Waals surface area contributed by atoms with E-state index in [1.54, 1.807) is 0 Å². The minimum atomic E-state index is -4.77. The number of methoxy groups -OCH3 is 1. The molecule has 0 saturated carbocycles. The first-order chi connectivity index (χ1) is 8.25. The maximum atomic E-state index is 12.7. The zero-order valence-electron chi connectivity index (χ0n) is 9.15. The van der Waals surface area contributed by atoms with Crippen LogP contribution >= 0.6 is 0 Å². The number of non-ortho nitro benzene ring substituents is 1. The van der Waals surface area contributed by atoms with E-state index in [9.17, 15) is 28.1 Å². The van der Waals surface area contributed by atoms with Crippen LogP contribution in [0.3, 0.4) is 0 Å². The topological polar surface area (TPSA) is 69.4 Å². The van der Waals surface area contributed by atoms with Crippen LogP contribution in [-0.2, 0) is 22.1 Å². The van der Waals surface area contributed by atoms with E-state index in [0.717, 1.165) is 19.2 Å². The number of ether oxygens (including phenoxy) is 1. The van der Waals surface area contributed by atoms with E-state index in [0.29, 0.717) is 6.07 Å². The molecule has 0 aliphatic heterocycles. The average Bonchev–Trinajstić information content (AvgIpc) is 2.27. The van der Waals surface area contributed by atoms with Gasteiger partial charge in [0.25, 0.3) is 5.69 Å². The molecular formula is C10H8F3NO4. The molecule has 1 rings (SSSR count). The van der Waals surface area contributed by atoms with E-state index in [1.165, 1.54) is 0 Å². The third-order valence-electron chi connectivity index (χ3n) is 2.17. The highest BCUT2D eigenvalue weighted by atomic mass is 19.4. The first kappa shape index (κ1) is 13.9. The minimum absolute atomic E-state index is 0.361. The van der Waals surface area contributed by atoms with Crippen LogP contribution in [0.5, 0.6) is 0 Å². The van der Waals surface area contributed by atoms with Crippen LogP contribution in [0.4, 0.5) is 18.9 Å². The minimum Gasteiger partial charge on any atom is -0.469 e. The average molecular weight is 263 g/mol. The fourth-order valence-electron chi connectivity index (χ4n) is 1.32. The molecule has 1 aromatic rings. The van der Waals surface area contributed by atoms with E-state index < -0.39 is 34.7 Å². The lowest BCUT2D eigenvalue weighted by atomic mass is 10.0. The number of nitro benzene ring substituents is 1. The van der Waals surface area contributed by atoms with E-state index >= 15 is 0 Å². The van der Waals surface area contributed by atoms with Crippen LogP contribution in [0.15, 0.2) is 18.2 Å². The van der Waals surface area contributed by atoms with Gasteiger partial charge in [0.2, 0.25) is 0 Å². The molecule has 0 amide bonds. The van der Waals surface area contributed by atoms with E-state index in [1.807, 2.05) is 0 Å². The van der Waals surface area contributed by atoms with Gasteiger partial charge in [0, 0.05) is 12.1 Å². The Balaban J connectivity index is 3.26. The summed E-state index contributed by atoms with van der Waals surface area (Å²) in [5.74, 6) is -0.852. The molecule has 98 valence electrons. The number of alkyl halides is 3. The second kappa shape index (κ2) is 5.03. The largest absolute Gasteiger partial charge is 0.469 e. The summed E-state index contributed by atoms with van der Waals surface area (Å²) < 4.78 is 42.3. The van der Waals surface area contributed by atoms with Crippen LogP contribution in [-0.4, -0.2) is 18.0 Å². The quantitative estimate of drug-likeness (QED) is 0.476. The Hall–Kier alpha value is -2.12. The predicted octanol–water partition coefficient (Wildman–Crippen LogP) is 2.33. The molecule has 0 fully saturated rings. The fraction of sp³-hybridized carbons (Fsp3) is 0.300. The Kier molecular flexibility index (Phi) is 3.89. The third-order valence-corrected chi connectivity index (χ3v) is 2.17. The van der Waals surface area contributed by atoms with Gasteiger partial charge in [-0.25, -0.2) is 0 Å². The lowest BCUT2D eigenvalue weighted by molar-refractivity contribution is -0.385. The van der Waals surface area contributed by atoms with Gasteiger partial charge in [0.15, 0.2) is 0 Å². The van der Waals surface area contributed by atoms with Gasteiger partial charge in [0.05, 0.1) is 24.0 Å². The van der Waals surface area contributed by atoms with Gasteiger partial charge in [0.1, 0.15) is 0 Å². The number of carbonyl (C=O) groups is 1. The molecular weight excluding hydrogens is 255 g/mol. The third kappa shape index (κ3) is 3.19. The van der Waals surface area contributed by atoms with Crippen molar-refractivity contribution in [2.24, 2.45) is 0 Å². The number of nitro groups is 1. The normalized spacial score (nSPS) is 11.1. The predicted molar refractivity (Wildman–Crippen MR) is 53.8 cm³/mol. The van der Waals surface area contributed by atoms with Crippen molar-refractivity contribution in [3.63, 3.8) is 0 Å². The van der Waals surface area contributed by atoms with Crippen LogP contribution in [0.25, 0.3) is 0 Å². The Labute approximate surface area is 99.3 Å². The molecule has 0 aliphatic carbocycles. The van der Waals surface area contributed by atoms with Crippen molar-refractivity contribution in [1.29, 1.82) is 0 Å². The van der Waals surface area contributed by atoms with E-state index in [-0.39, 0.29) is 5.56 Å². The molecule has 0 heterocycles. The molecule has 0 aromatic heterocycles. The Morgan fingerprint density at radius 3 is 2.50 bits per heavy atom. The second-order valence-corrected chi connectivity index (χ2v) is 3.35. The molecule has 18 heavy (non-hydrogen) atoms. The molecule has 0 unspecified atom stereocenters. The maximum Gasteiger partial charge on any atom is 0.416 e. The molecule has 5 nitrogen and oxygen atoms in total. The van der Waals surface area contributed by atoms with Crippen molar-refractivity contribution in [3.05, 3.63) is 39.4 Å². The maximum absolute atomic E-state index is 12.7. The Morgan fingerprint density at radius 1 is 1.44 bits per heavy atom. The zero-order chi connectivity index (χ0) is 13.9. The number of hydrogen-bond acceptors (Lipinski definition) is 4. The van der Waals surface area contributed by atoms with Crippen LogP contribution in [0.2, 0.25) is 0 Å². The van der Waals surface area contributed by atoms with Gasteiger partial charge in [-0.2, -0.15) is 13.2 Å². The number of nitrogens with zero attached hydrogens (tertiary/aromatic N) is 1. The Morgan fingerprint density at radius 2 is 2.06 bits per heavy atom. The van der Waals surface area contributed by atoms with Gasteiger partial charge < -0.3 is 4.74 Å². The summed E-state index contributed by atoms with van der Waals surface area (Å²) in [5, 5.41) is 10.4. The molecule has 1 aromatic carbocycles. The van der Waals surface area contributed by atoms with Crippen molar-refractivity contribution in [2.45, 2.75) is 12.6 Å². The van der Waals surface area contributed by atoms with Gasteiger partial charge in [-0.1, -0.05) is 6.07 Å². The summed E-state index contributed by atoms with van der Waals surface area (Å²) in [6, 6.07) is 2.21. The van der Waals surface area contributed by atoms with Crippen molar-refractivity contribution >= 4 is 11.7 Å². The summed E-state index contributed by atoms with van der Waals surface area (Å²) in [6.45, 7) is 0. The molecule has 0 saturated heterocycles. The van der Waals surface area contributed by atoms with Gasteiger partial charge in [-0.05, 0) is 5.56 Å². The van der Waals surface area contributed by atoms with Gasteiger partial charge >= 0.3 is 12.1 Å². The highest BCUT2D eigenvalue weighted by molar-refractivity contribution is 5.73. The number of carbonyl (C=O) groups excluding carboxylic acids is 1. The molecule has 0 spiro atoms. The summed E-state index contributed by atoms with van der Waals surface area (Å²) in [4.78, 5) is 20.4. The number of esters is 1. The summed E-state index contributed by atoms with van der Waals surface area (Å²) >= 11 is 0. The summed E-state index contributed by atoms with van der Waals surface area (Å²) in [7, 11) is 1.04. The first-order valence-corrected chi connectivity index (χ1v) is 4.67. The highest BCUT2D eigenvalue weighted by Crippen LogP contribution is 2.34. The van der Waals surface area contributed by atoms with Crippen LogP contribution < -0.4 is 0 Å². The number of hydrogen-bond donors (Lipinski definition) is 0. The van der Waals surface area contributed by atoms with Crippen molar-refractivity contribution < 1.29 is 27.6 Å². The van der Waals surface area contributed by atoms with E-state index in [2.05, 4.69) is 4.74 Å². The highest BCUT2D eigenvalue weighted by Gasteiger charge is 2.35. The second-order valence-electron chi connectivity index (χ2n) is 3.35. The number of rotatable bonds is 3. The lowest BCUT2D eigenvalue weighted by Gasteiger charge is -2.11. The van der Waals surface area contributed by atoms with Crippen molar-refractivity contribution in [3.8, 4) is 0 Å². The smallest absolute Gasteiger partial charge is 0.416 e. The van der Waals surface area contributed by atoms with Gasteiger partial charge in [-0.15, -0.1) is 0 Å². The summed E-state index contributed by atoms with van der Waals surface area (Å²) in [6.07, 6.45) is -5.36. The van der Waals surface area contributed by atoms with Crippen LogP contribution in [0.1, 0.15) is 11.1 Å². The first-order valence-electron chi connectivity index (χ1n) is 4.67. The zero-order valence-corrected chi connectivity index (χ0v) is 9.15. The summed E-state index contributed by atoms with van der Waals surface area (Å²) in [5.41, 5.74) is -2.25. The molecule has 0 bridgehead atoms. The molecule has 0 N–H and O–H groups in total. The molecule has 8 heteroatoms. The molecule has 0 radical (unpaired) electrons. The molecule has 0 atom stereocenters. The number of halogens is 3. The lowest BCUT2D eigenvalue weighted by Crippen LogP contribution is -2.13. The van der Waals surface area contributed by atoms with E-state index in [4.69, 9.17) is 0 Å². The van der Waals surface area contributed by atoms with Crippen molar-refractivity contribution in [1.82, 2.24) is 0 Å². The Bertz CT molecular complexity index is 485. The monoisotopic (exact) mass is 263 g/mol. The SMILES string of the molecule is COC(=O)Cc1ccc([N+](=O)[O-])cc1C(F)(F)F. The van der Waals surface area contributed by atoms with Crippen LogP contribution in [0, 0.1) is 10.1 Å². The van der Waals surface area contributed by atoms with Gasteiger partial charge in [-0.3, -0.25) is 14.9 Å². The van der Waals surface area contributed by atoms with Crippen molar-refractivity contribution in [2.75, 3.05) is 7.11 Å². The number of benzene rings is 1.